The van der Waals surface area contributed by atoms with Crippen molar-refractivity contribution < 1.29 is 8.42 Å². The molecule has 1 aromatic rings. The van der Waals surface area contributed by atoms with E-state index in [9.17, 15) is 8.42 Å². The molecule has 1 aromatic carbocycles. The number of rotatable bonds is 4. The lowest BCUT2D eigenvalue weighted by atomic mass is 9.81. The minimum atomic E-state index is -3.45. The van der Waals surface area contributed by atoms with E-state index in [2.05, 4.69) is 32.9 Å². The molecule has 0 aromatic heterocycles. The van der Waals surface area contributed by atoms with E-state index in [1.807, 2.05) is 13.0 Å². The Hall–Kier alpha value is -0.430. The van der Waals surface area contributed by atoms with Crippen LogP contribution in [0.1, 0.15) is 25.3 Å². The van der Waals surface area contributed by atoms with Gasteiger partial charge in [-0.3, -0.25) is 0 Å². The summed E-state index contributed by atoms with van der Waals surface area (Å²) in [5.41, 5.74) is 0.786. The highest BCUT2D eigenvalue weighted by molar-refractivity contribution is 9.10. The monoisotopic (exact) mass is 360 g/mol. The van der Waals surface area contributed by atoms with Gasteiger partial charge < -0.3 is 5.32 Å². The van der Waals surface area contributed by atoms with Crippen molar-refractivity contribution in [2.24, 2.45) is 5.41 Å². The Morgan fingerprint density at radius 1 is 1.35 bits per heavy atom. The molecule has 2 rings (SSSR count). The highest BCUT2D eigenvalue weighted by Gasteiger charge is 2.29. The van der Waals surface area contributed by atoms with Crippen LogP contribution in [0.25, 0.3) is 0 Å². The van der Waals surface area contributed by atoms with E-state index in [4.69, 9.17) is 0 Å². The molecule has 1 fully saturated rings. The fraction of sp³-hybridized carbons (Fsp3) is 0.571. The van der Waals surface area contributed by atoms with Crippen molar-refractivity contribution in [2.75, 3.05) is 19.6 Å². The van der Waals surface area contributed by atoms with Crippen molar-refractivity contribution in [2.45, 2.75) is 31.6 Å². The Balaban J connectivity index is 2.13. The minimum absolute atomic E-state index is 0.0399. The number of hydrogen-bond acceptors (Lipinski definition) is 3. The summed E-state index contributed by atoms with van der Waals surface area (Å²) in [6, 6.07) is 5.24. The van der Waals surface area contributed by atoms with Crippen LogP contribution in [-0.2, 0) is 10.0 Å². The Morgan fingerprint density at radius 2 is 2.00 bits per heavy atom. The Kier molecular flexibility index (Phi) is 4.89. The highest BCUT2D eigenvalue weighted by atomic mass is 79.9. The standard InChI is InChI=1S/C14H21BrN2O2S/c1-11-12(15)4-3-5-13(11)20(18,19)17-10-14(2)6-8-16-9-7-14/h3-5,16-17H,6-10H2,1-2H3. The van der Waals surface area contributed by atoms with Crippen LogP contribution < -0.4 is 10.0 Å². The second-order valence-corrected chi connectivity index (χ2v) is 8.34. The molecule has 0 amide bonds. The zero-order valence-corrected chi connectivity index (χ0v) is 14.3. The lowest BCUT2D eigenvalue weighted by molar-refractivity contribution is 0.232. The Morgan fingerprint density at radius 3 is 2.65 bits per heavy atom. The van der Waals surface area contributed by atoms with Gasteiger partial charge in [0.25, 0.3) is 0 Å². The first-order chi connectivity index (χ1) is 9.34. The van der Waals surface area contributed by atoms with Crippen LogP contribution in [-0.4, -0.2) is 28.1 Å². The van der Waals surface area contributed by atoms with Crippen LogP contribution in [0.2, 0.25) is 0 Å². The first kappa shape index (κ1) is 15.9. The molecule has 1 aliphatic rings. The predicted octanol–water partition coefficient (Wildman–Crippen LogP) is 2.43. The summed E-state index contributed by atoms with van der Waals surface area (Å²) < 4.78 is 28.5. The highest BCUT2D eigenvalue weighted by Crippen LogP contribution is 2.28. The van der Waals surface area contributed by atoms with E-state index in [0.29, 0.717) is 11.4 Å². The van der Waals surface area contributed by atoms with Crippen molar-refractivity contribution in [3.8, 4) is 0 Å². The van der Waals surface area contributed by atoms with Gasteiger partial charge >= 0.3 is 0 Å². The molecule has 0 atom stereocenters. The van der Waals surface area contributed by atoms with Crippen LogP contribution in [0, 0.1) is 12.3 Å². The second-order valence-electron chi connectivity index (χ2n) is 5.75. The molecule has 4 nitrogen and oxygen atoms in total. The first-order valence-corrected chi connectivity index (χ1v) is 9.07. The number of sulfonamides is 1. The van der Waals surface area contributed by atoms with Crippen LogP contribution in [0.4, 0.5) is 0 Å². The van der Waals surface area contributed by atoms with Gasteiger partial charge in [0.05, 0.1) is 4.90 Å². The SMILES string of the molecule is Cc1c(Br)cccc1S(=O)(=O)NCC1(C)CCNCC1. The molecule has 112 valence electrons. The van der Waals surface area contributed by atoms with Gasteiger partial charge in [0, 0.05) is 11.0 Å². The van der Waals surface area contributed by atoms with Gasteiger partial charge in [-0.05, 0) is 56.0 Å². The molecular weight excluding hydrogens is 340 g/mol. The van der Waals surface area contributed by atoms with Gasteiger partial charge in [-0.25, -0.2) is 13.1 Å². The summed E-state index contributed by atoms with van der Waals surface area (Å²) in [7, 11) is -3.45. The van der Waals surface area contributed by atoms with E-state index in [-0.39, 0.29) is 5.41 Å². The van der Waals surface area contributed by atoms with E-state index in [1.165, 1.54) is 0 Å². The maximum absolute atomic E-state index is 12.4. The Bertz CT molecular complexity index is 581. The number of benzene rings is 1. The molecule has 6 heteroatoms. The molecule has 2 N–H and O–H groups in total. The Labute approximate surface area is 129 Å². The van der Waals surface area contributed by atoms with Gasteiger partial charge in [-0.2, -0.15) is 0 Å². The summed E-state index contributed by atoms with van der Waals surface area (Å²) in [5, 5.41) is 3.30. The van der Waals surface area contributed by atoms with Crippen molar-refractivity contribution in [1.29, 1.82) is 0 Å². The molecule has 0 spiro atoms. The largest absolute Gasteiger partial charge is 0.317 e. The van der Waals surface area contributed by atoms with E-state index >= 15 is 0 Å². The molecule has 1 heterocycles. The summed E-state index contributed by atoms with van der Waals surface area (Å²) in [4.78, 5) is 0.351. The third kappa shape index (κ3) is 3.61. The summed E-state index contributed by atoms with van der Waals surface area (Å²) >= 11 is 3.38. The number of nitrogens with one attached hydrogen (secondary N) is 2. The van der Waals surface area contributed by atoms with Gasteiger partial charge in [-0.1, -0.05) is 28.9 Å². The van der Waals surface area contributed by atoms with Gasteiger partial charge in [0.15, 0.2) is 0 Å². The maximum atomic E-state index is 12.4. The average Bonchev–Trinajstić information content (AvgIpc) is 2.41. The average molecular weight is 361 g/mol. The normalized spacial score (nSPS) is 18.9. The van der Waals surface area contributed by atoms with Crippen molar-refractivity contribution in [1.82, 2.24) is 10.0 Å². The predicted molar refractivity (Wildman–Crippen MR) is 84.3 cm³/mol. The fourth-order valence-corrected chi connectivity index (χ4v) is 4.40. The third-order valence-electron chi connectivity index (χ3n) is 4.01. The first-order valence-electron chi connectivity index (χ1n) is 6.80. The maximum Gasteiger partial charge on any atom is 0.240 e. The van der Waals surface area contributed by atoms with E-state index in [0.717, 1.165) is 36.0 Å². The van der Waals surface area contributed by atoms with Gasteiger partial charge in [0.2, 0.25) is 10.0 Å². The number of halogens is 1. The van der Waals surface area contributed by atoms with Crippen LogP contribution in [0.5, 0.6) is 0 Å². The molecule has 0 unspecified atom stereocenters. The third-order valence-corrected chi connectivity index (χ3v) is 6.41. The molecule has 0 bridgehead atoms. The lowest BCUT2D eigenvalue weighted by Gasteiger charge is -2.34. The van der Waals surface area contributed by atoms with Crippen molar-refractivity contribution in [3.05, 3.63) is 28.2 Å². The van der Waals surface area contributed by atoms with Crippen LogP contribution in [0.15, 0.2) is 27.6 Å². The van der Waals surface area contributed by atoms with Crippen molar-refractivity contribution >= 4 is 26.0 Å². The zero-order valence-electron chi connectivity index (χ0n) is 11.9. The van der Waals surface area contributed by atoms with Crippen LogP contribution >= 0.6 is 15.9 Å². The van der Waals surface area contributed by atoms with Crippen LogP contribution in [0.3, 0.4) is 0 Å². The van der Waals surface area contributed by atoms with E-state index < -0.39 is 10.0 Å². The smallest absolute Gasteiger partial charge is 0.240 e. The topological polar surface area (TPSA) is 58.2 Å². The molecule has 1 saturated heterocycles. The van der Waals surface area contributed by atoms with Crippen molar-refractivity contribution in [3.63, 3.8) is 0 Å². The fourth-order valence-electron chi connectivity index (χ4n) is 2.43. The van der Waals surface area contributed by atoms with Gasteiger partial charge in [0.1, 0.15) is 0 Å². The minimum Gasteiger partial charge on any atom is -0.317 e. The summed E-state index contributed by atoms with van der Waals surface area (Å²) in [5.74, 6) is 0. The summed E-state index contributed by atoms with van der Waals surface area (Å²) in [6.45, 7) is 6.35. The molecule has 0 aliphatic carbocycles. The zero-order chi connectivity index (χ0) is 14.8. The molecule has 0 saturated carbocycles. The molecule has 1 aliphatic heterocycles. The summed E-state index contributed by atoms with van der Waals surface area (Å²) in [6.07, 6.45) is 1.99. The lowest BCUT2D eigenvalue weighted by Crippen LogP contribution is -2.42. The number of hydrogen-bond donors (Lipinski definition) is 2. The number of piperidine rings is 1. The molecular formula is C14H21BrN2O2S. The second kappa shape index (κ2) is 6.13. The van der Waals surface area contributed by atoms with E-state index in [1.54, 1.807) is 12.1 Å². The molecule has 20 heavy (non-hydrogen) atoms. The van der Waals surface area contributed by atoms with Gasteiger partial charge in [-0.15, -0.1) is 0 Å². The molecule has 0 radical (unpaired) electrons. The quantitative estimate of drug-likeness (QED) is 0.866.